The Morgan fingerprint density at radius 3 is 2.06 bits per heavy atom. The van der Waals surface area contributed by atoms with Crippen LogP contribution < -0.4 is 0 Å². The van der Waals surface area contributed by atoms with E-state index in [9.17, 15) is 9.90 Å². The molecule has 2 aliphatic rings. The average Bonchev–Trinajstić information content (AvgIpc) is 3.28. The molecule has 3 aromatic carbocycles. The molecule has 1 heterocycles. The van der Waals surface area contributed by atoms with Crippen LogP contribution in [0.25, 0.3) is 0 Å². The first-order valence-electron chi connectivity index (χ1n) is 11.8. The van der Waals surface area contributed by atoms with Gasteiger partial charge in [0.1, 0.15) is 0 Å². The van der Waals surface area contributed by atoms with Gasteiger partial charge in [0.05, 0.1) is 0 Å². The van der Waals surface area contributed by atoms with Crippen LogP contribution in [0.1, 0.15) is 22.3 Å². The van der Waals surface area contributed by atoms with Crippen LogP contribution in [0.2, 0.25) is 0 Å². The Labute approximate surface area is 196 Å². The monoisotopic (exact) mass is 440 g/mol. The van der Waals surface area contributed by atoms with Gasteiger partial charge in [0.15, 0.2) is 5.60 Å². The molecule has 4 atom stereocenters. The third-order valence-electron chi connectivity index (χ3n) is 7.50. The predicted molar refractivity (Wildman–Crippen MR) is 130 cm³/mol. The van der Waals surface area contributed by atoms with Crippen molar-refractivity contribution in [2.24, 2.45) is 17.8 Å². The fourth-order valence-electron chi connectivity index (χ4n) is 5.54. The molecule has 0 bridgehead atoms. The number of aryl methyl sites for hydroxylation is 1. The number of fused-ring (bicyclic) bond motifs is 1. The highest BCUT2D eigenvalue weighted by molar-refractivity contribution is 5.90. The number of aliphatic hydroxyl groups is 1. The van der Waals surface area contributed by atoms with Crippen molar-refractivity contribution in [1.29, 1.82) is 0 Å². The Kier molecular flexibility index (Phi) is 5.81. The van der Waals surface area contributed by atoms with E-state index in [1.807, 2.05) is 68.6 Å². The maximum absolute atomic E-state index is 13.7. The second kappa shape index (κ2) is 8.77. The van der Waals surface area contributed by atoms with Crippen LogP contribution in [0, 0.1) is 24.7 Å². The van der Waals surface area contributed by atoms with Gasteiger partial charge in [-0.1, -0.05) is 90.5 Å². The van der Waals surface area contributed by atoms with Crippen molar-refractivity contribution < 1.29 is 9.90 Å². The van der Waals surface area contributed by atoms with Gasteiger partial charge in [-0.15, -0.1) is 0 Å². The van der Waals surface area contributed by atoms with Crippen molar-refractivity contribution in [2.45, 2.75) is 19.1 Å². The molecule has 4 heteroatoms. The Balaban J connectivity index is 1.27. The number of hydrogen-bond donors (Lipinski definition) is 1. The van der Waals surface area contributed by atoms with E-state index in [2.05, 4.69) is 35.2 Å². The van der Waals surface area contributed by atoms with Gasteiger partial charge in [-0.25, -0.2) is 0 Å². The lowest BCUT2D eigenvalue weighted by Gasteiger charge is -2.33. The highest BCUT2D eigenvalue weighted by Gasteiger charge is 2.56. The molecule has 170 valence electrons. The average molecular weight is 441 g/mol. The molecule has 1 amide bonds. The van der Waals surface area contributed by atoms with Gasteiger partial charge in [-0.2, -0.15) is 0 Å². The van der Waals surface area contributed by atoms with Crippen molar-refractivity contribution in [3.8, 4) is 0 Å². The fourth-order valence-corrected chi connectivity index (χ4v) is 5.54. The van der Waals surface area contributed by atoms with Gasteiger partial charge in [-0.05, 0) is 41.4 Å². The lowest BCUT2D eigenvalue weighted by molar-refractivity contribution is -0.147. The molecule has 1 N–H and O–H groups in total. The van der Waals surface area contributed by atoms with Crippen LogP contribution in [0.3, 0.4) is 0 Å². The van der Waals surface area contributed by atoms with E-state index in [1.165, 1.54) is 5.56 Å². The van der Waals surface area contributed by atoms with E-state index < -0.39 is 5.60 Å². The number of rotatable bonds is 7. The molecule has 0 spiro atoms. The van der Waals surface area contributed by atoms with Gasteiger partial charge in [-0.3, -0.25) is 9.69 Å². The Morgan fingerprint density at radius 1 is 0.909 bits per heavy atom. The largest absolute Gasteiger partial charge is 0.372 e. The predicted octanol–water partition coefficient (Wildman–Crippen LogP) is 4.07. The smallest absolute Gasteiger partial charge is 0.263 e. The quantitative estimate of drug-likeness (QED) is 0.602. The zero-order valence-corrected chi connectivity index (χ0v) is 19.4. The highest BCUT2D eigenvalue weighted by atomic mass is 16.3. The number of carbonyl (C=O) groups is 1. The summed E-state index contributed by atoms with van der Waals surface area (Å²) in [4.78, 5) is 18.0. The molecule has 4 nitrogen and oxygen atoms in total. The first-order chi connectivity index (χ1) is 16.0. The molecule has 1 aliphatic carbocycles. The maximum Gasteiger partial charge on any atom is 0.263 e. The van der Waals surface area contributed by atoms with Gasteiger partial charge in [0.25, 0.3) is 5.91 Å². The minimum atomic E-state index is -1.69. The van der Waals surface area contributed by atoms with E-state index >= 15 is 0 Å². The number of piperidine rings is 1. The third-order valence-corrected chi connectivity index (χ3v) is 7.50. The molecule has 3 aromatic rings. The van der Waals surface area contributed by atoms with Crippen molar-refractivity contribution in [3.63, 3.8) is 0 Å². The summed E-state index contributed by atoms with van der Waals surface area (Å²) in [7, 11) is 1.83. The van der Waals surface area contributed by atoms with Gasteiger partial charge in [0.2, 0.25) is 0 Å². The summed E-state index contributed by atoms with van der Waals surface area (Å²) in [5.74, 6) is 1.55. The molecule has 0 radical (unpaired) electrons. The summed E-state index contributed by atoms with van der Waals surface area (Å²) < 4.78 is 0. The summed E-state index contributed by atoms with van der Waals surface area (Å²) in [5.41, 5.74) is 1.99. The van der Waals surface area contributed by atoms with E-state index in [0.29, 0.717) is 35.4 Å². The number of benzene rings is 3. The number of likely N-dealkylation sites (N-methyl/N-ethyl adjacent to an activating group) is 1. The van der Waals surface area contributed by atoms with Crippen molar-refractivity contribution in [1.82, 2.24) is 9.80 Å². The Bertz CT molecular complexity index is 1090. The van der Waals surface area contributed by atoms with Crippen molar-refractivity contribution in [3.05, 3.63) is 107 Å². The summed E-state index contributed by atoms with van der Waals surface area (Å²) in [6.45, 7) is 5.87. The van der Waals surface area contributed by atoms with Crippen molar-refractivity contribution in [2.75, 3.05) is 26.7 Å². The molecule has 5 rings (SSSR count). The lowest BCUT2D eigenvalue weighted by Crippen LogP contribution is -2.47. The zero-order chi connectivity index (χ0) is 23.0. The second-order valence-electron chi connectivity index (χ2n) is 9.80. The minimum absolute atomic E-state index is 0.260. The van der Waals surface area contributed by atoms with Crippen LogP contribution >= 0.6 is 0 Å². The summed E-state index contributed by atoms with van der Waals surface area (Å²) in [6, 6.07) is 27.5. The molecular weight excluding hydrogens is 408 g/mol. The van der Waals surface area contributed by atoms with Crippen LogP contribution in [-0.2, 0) is 16.9 Å². The standard InChI is InChI=1S/C29H32N2O2/c1-21-13-15-24(16-14-21)29(33,23-11-7-4-8-12-23)28(32)30(2)18-25-26-19-31(20-27(25)26)17-22-9-5-3-6-10-22/h3-16,25-27,33H,17-20H2,1-2H3/t25-,26-,27+,29-/m0/s1. The number of amides is 1. The summed E-state index contributed by atoms with van der Waals surface area (Å²) >= 11 is 0. The van der Waals surface area contributed by atoms with E-state index in [4.69, 9.17) is 0 Å². The third kappa shape index (κ3) is 4.21. The van der Waals surface area contributed by atoms with Gasteiger partial charge >= 0.3 is 0 Å². The number of nitrogens with zero attached hydrogens (tertiary/aromatic N) is 2. The van der Waals surface area contributed by atoms with Crippen LogP contribution in [0.4, 0.5) is 0 Å². The topological polar surface area (TPSA) is 43.8 Å². The highest BCUT2D eigenvalue weighted by Crippen LogP contribution is 2.52. The maximum atomic E-state index is 13.7. The first kappa shape index (κ1) is 21.9. The lowest BCUT2D eigenvalue weighted by atomic mass is 9.84. The zero-order valence-electron chi connectivity index (χ0n) is 19.4. The number of carbonyl (C=O) groups excluding carboxylic acids is 1. The number of hydrogen-bond acceptors (Lipinski definition) is 3. The molecule has 0 unspecified atom stereocenters. The molecule has 33 heavy (non-hydrogen) atoms. The molecule has 0 aromatic heterocycles. The Hall–Kier alpha value is -2.95. The summed E-state index contributed by atoms with van der Waals surface area (Å²) in [5, 5.41) is 11.8. The van der Waals surface area contributed by atoms with Gasteiger partial charge in [0, 0.05) is 33.2 Å². The normalized spacial score (nSPS) is 23.5. The SMILES string of the molecule is Cc1ccc([C@](O)(C(=O)N(C)C[C@H]2[C@@H]3CN(Cc4ccccc4)C[C@@H]32)c2ccccc2)cc1. The van der Waals surface area contributed by atoms with E-state index in [1.54, 1.807) is 4.90 Å². The first-order valence-corrected chi connectivity index (χ1v) is 11.8. The molecule has 1 aliphatic heterocycles. The fraction of sp³-hybridized carbons (Fsp3) is 0.345. The van der Waals surface area contributed by atoms with Crippen LogP contribution in [0.15, 0.2) is 84.9 Å². The van der Waals surface area contributed by atoms with Crippen LogP contribution in [-0.4, -0.2) is 47.5 Å². The second-order valence-corrected chi connectivity index (χ2v) is 9.80. The molecular formula is C29H32N2O2. The number of likely N-dealkylation sites (tertiary alicyclic amines) is 1. The Morgan fingerprint density at radius 2 is 1.45 bits per heavy atom. The van der Waals surface area contributed by atoms with E-state index in [0.717, 1.165) is 25.2 Å². The van der Waals surface area contributed by atoms with E-state index in [-0.39, 0.29) is 5.91 Å². The van der Waals surface area contributed by atoms with Crippen LogP contribution in [0.5, 0.6) is 0 Å². The summed E-state index contributed by atoms with van der Waals surface area (Å²) in [6.07, 6.45) is 0. The molecule has 2 fully saturated rings. The molecule has 1 saturated heterocycles. The molecule has 1 saturated carbocycles. The van der Waals surface area contributed by atoms with Crippen molar-refractivity contribution >= 4 is 5.91 Å². The minimum Gasteiger partial charge on any atom is -0.372 e. The van der Waals surface area contributed by atoms with Gasteiger partial charge < -0.3 is 10.0 Å².